The molecule has 0 bridgehead atoms. The van der Waals surface area contributed by atoms with E-state index in [0.29, 0.717) is 42.0 Å². The average molecular weight is 477 g/mol. The maximum absolute atomic E-state index is 12.8. The lowest BCUT2D eigenvalue weighted by molar-refractivity contribution is -0.274. The third kappa shape index (κ3) is 4.17. The predicted octanol–water partition coefficient (Wildman–Crippen LogP) is 3.10. The highest BCUT2D eigenvalue weighted by molar-refractivity contribution is 5.83. The van der Waals surface area contributed by atoms with Crippen molar-refractivity contribution in [3.8, 4) is 22.9 Å². The van der Waals surface area contributed by atoms with Crippen LogP contribution in [-0.2, 0) is 0 Å². The topological polar surface area (TPSA) is 80.1 Å². The third-order valence-electron chi connectivity index (χ3n) is 6.21. The SMILES string of the molecule is CCN(c1nn2c(-c3cccc(OC(F)(F)F)c3)nnc2c2c1N(C)CCO2)C1CCNCC1. The molecule has 0 saturated carbocycles. The monoisotopic (exact) mass is 477 g/mol. The second kappa shape index (κ2) is 8.82. The Morgan fingerprint density at radius 3 is 2.76 bits per heavy atom. The molecule has 0 aliphatic carbocycles. The van der Waals surface area contributed by atoms with Gasteiger partial charge in [-0.15, -0.1) is 28.5 Å². The average Bonchev–Trinajstić information content (AvgIpc) is 3.24. The van der Waals surface area contributed by atoms with Crippen molar-refractivity contribution in [2.45, 2.75) is 32.2 Å². The molecular formula is C22H26F3N7O2. The van der Waals surface area contributed by atoms with Crippen LogP contribution in [0, 0.1) is 0 Å². The van der Waals surface area contributed by atoms with Crippen LogP contribution in [0.5, 0.6) is 11.5 Å². The minimum Gasteiger partial charge on any atom is -0.486 e. The normalized spacial score (nSPS) is 16.9. The van der Waals surface area contributed by atoms with Gasteiger partial charge in [-0.05, 0) is 45.0 Å². The molecule has 9 nitrogen and oxygen atoms in total. The Kier molecular flexibility index (Phi) is 5.84. The Morgan fingerprint density at radius 1 is 1.24 bits per heavy atom. The summed E-state index contributed by atoms with van der Waals surface area (Å²) in [6.07, 6.45) is -2.82. The van der Waals surface area contributed by atoms with Crippen molar-refractivity contribution < 1.29 is 22.6 Å². The zero-order chi connectivity index (χ0) is 23.9. The van der Waals surface area contributed by atoms with Crippen molar-refractivity contribution in [2.75, 3.05) is 49.6 Å². The van der Waals surface area contributed by atoms with Gasteiger partial charge in [-0.3, -0.25) is 0 Å². The fourth-order valence-electron chi connectivity index (χ4n) is 4.64. The number of nitrogens with one attached hydrogen (secondary N) is 1. The van der Waals surface area contributed by atoms with E-state index in [-0.39, 0.29) is 5.75 Å². The lowest BCUT2D eigenvalue weighted by Crippen LogP contribution is -2.44. The molecule has 0 spiro atoms. The van der Waals surface area contributed by atoms with Gasteiger partial charge >= 0.3 is 6.36 Å². The first-order valence-corrected chi connectivity index (χ1v) is 11.3. The standard InChI is InChI=1S/C22H26F3N7O2/c1-3-31(15-7-9-26-10-8-15)20-17-18(33-12-11-30(17)2)21-28-27-19(32(21)29-20)14-5-4-6-16(13-14)34-22(23,24)25/h4-6,13,15,26H,3,7-12H2,1-2H3. The largest absolute Gasteiger partial charge is 0.573 e. The molecule has 1 fully saturated rings. The maximum atomic E-state index is 12.8. The number of piperidine rings is 1. The Morgan fingerprint density at radius 2 is 2.03 bits per heavy atom. The number of rotatable bonds is 5. The number of anilines is 2. The number of aromatic nitrogens is 4. The molecule has 3 aromatic rings. The molecule has 0 radical (unpaired) electrons. The summed E-state index contributed by atoms with van der Waals surface area (Å²) in [6.45, 7) is 5.90. The van der Waals surface area contributed by atoms with Gasteiger partial charge in [0.2, 0.25) is 5.65 Å². The van der Waals surface area contributed by atoms with E-state index >= 15 is 0 Å². The molecule has 4 heterocycles. The van der Waals surface area contributed by atoms with Gasteiger partial charge in [0.1, 0.15) is 18.0 Å². The molecule has 2 aromatic heterocycles. The quantitative estimate of drug-likeness (QED) is 0.601. The molecule has 1 N–H and O–H groups in total. The predicted molar refractivity (Wildman–Crippen MR) is 121 cm³/mol. The van der Waals surface area contributed by atoms with Crippen LogP contribution in [0.15, 0.2) is 24.3 Å². The van der Waals surface area contributed by atoms with Crippen LogP contribution in [0.3, 0.4) is 0 Å². The number of halogens is 3. The highest BCUT2D eigenvalue weighted by Crippen LogP contribution is 2.43. The van der Waals surface area contributed by atoms with E-state index in [1.54, 1.807) is 10.6 Å². The van der Waals surface area contributed by atoms with Gasteiger partial charge in [0, 0.05) is 25.2 Å². The minimum atomic E-state index is -4.79. The summed E-state index contributed by atoms with van der Waals surface area (Å²) in [4.78, 5) is 4.38. The van der Waals surface area contributed by atoms with Gasteiger partial charge in [0.05, 0.1) is 6.54 Å². The molecule has 0 unspecified atom stereocenters. The summed E-state index contributed by atoms with van der Waals surface area (Å²) in [6, 6.07) is 5.96. The highest BCUT2D eigenvalue weighted by atomic mass is 19.4. The van der Waals surface area contributed by atoms with Crippen LogP contribution in [0.4, 0.5) is 24.7 Å². The number of benzene rings is 1. The second-order valence-corrected chi connectivity index (χ2v) is 8.37. The molecule has 1 aromatic carbocycles. The van der Waals surface area contributed by atoms with E-state index in [4.69, 9.17) is 9.84 Å². The number of likely N-dealkylation sites (N-methyl/N-ethyl adjacent to an activating group) is 1. The van der Waals surface area contributed by atoms with E-state index in [9.17, 15) is 13.2 Å². The van der Waals surface area contributed by atoms with E-state index < -0.39 is 6.36 Å². The van der Waals surface area contributed by atoms with E-state index in [1.807, 2.05) is 7.05 Å². The molecule has 12 heteroatoms. The van der Waals surface area contributed by atoms with E-state index in [0.717, 1.165) is 44.0 Å². The van der Waals surface area contributed by atoms with Gasteiger partial charge in [0.15, 0.2) is 17.4 Å². The zero-order valence-electron chi connectivity index (χ0n) is 19.0. The van der Waals surface area contributed by atoms with Crippen LogP contribution < -0.4 is 24.6 Å². The van der Waals surface area contributed by atoms with Crippen LogP contribution >= 0.6 is 0 Å². The summed E-state index contributed by atoms with van der Waals surface area (Å²) < 4.78 is 50.0. The number of alkyl halides is 3. The van der Waals surface area contributed by atoms with Gasteiger partial charge in [0.25, 0.3) is 0 Å². The fourth-order valence-corrected chi connectivity index (χ4v) is 4.64. The number of nitrogens with zero attached hydrogens (tertiary/aromatic N) is 6. The molecule has 182 valence electrons. The van der Waals surface area contributed by atoms with Gasteiger partial charge in [-0.25, -0.2) is 0 Å². The molecule has 1 saturated heterocycles. The minimum absolute atomic E-state index is 0.305. The lowest BCUT2D eigenvalue weighted by atomic mass is 10.0. The first kappa shape index (κ1) is 22.5. The molecule has 34 heavy (non-hydrogen) atoms. The zero-order valence-corrected chi connectivity index (χ0v) is 19.0. The van der Waals surface area contributed by atoms with E-state index in [2.05, 4.69) is 37.0 Å². The molecular weight excluding hydrogens is 451 g/mol. The number of ether oxygens (including phenoxy) is 2. The molecule has 5 rings (SSSR count). The number of hydrogen-bond donors (Lipinski definition) is 1. The van der Waals surface area contributed by atoms with Gasteiger partial charge in [-0.1, -0.05) is 12.1 Å². The van der Waals surface area contributed by atoms with Crippen molar-refractivity contribution in [2.24, 2.45) is 0 Å². The molecule has 0 atom stereocenters. The summed E-state index contributed by atoms with van der Waals surface area (Å²) in [5.74, 6) is 1.31. The van der Waals surface area contributed by atoms with Crippen molar-refractivity contribution in [1.82, 2.24) is 25.1 Å². The number of fused-ring (bicyclic) bond motifs is 3. The Bertz CT molecular complexity index is 1180. The Labute approximate surface area is 194 Å². The van der Waals surface area contributed by atoms with Gasteiger partial charge < -0.3 is 24.6 Å². The van der Waals surface area contributed by atoms with Crippen molar-refractivity contribution in [3.63, 3.8) is 0 Å². The first-order chi connectivity index (χ1) is 16.4. The van der Waals surface area contributed by atoms with Crippen LogP contribution in [0.25, 0.3) is 17.0 Å². The van der Waals surface area contributed by atoms with Crippen LogP contribution in [0.2, 0.25) is 0 Å². The summed E-state index contributed by atoms with van der Waals surface area (Å²) in [5.41, 5.74) is 1.68. The number of hydrogen-bond acceptors (Lipinski definition) is 8. The lowest BCUT2D eigenvalue weighted by Gasteiger charge is -2.38. The second-order valence-electron chi connectivity index (χ2n) is 8.37. The maximum Gasteiger partial charge on any atom is 0.573 e. The van der Waals surface area contributed by atoms with Crippen molar-refractivity contribution in [1.29, 1.82) is 0 Å². The smallest absolute Gasteiger partial charge is 0.486 e. The third-order valence-corrected chi connectivity index (χ3v) is 6.21. The van der Waals surface area contributed by atoms with E-state index in [1.165, 1.54) is 18.2 Å². The highest BCUT2D eigenvalue weighted by Gasteiger charge is 2.33. The molecule has 0 amide bonds. The summed E-state index contributed by atoms with van der Waals surface area (Å²) >= 11 is 0. The molecule has 2 aliphatic rings. The summed E-state index contributed by atoms with van der Waals surface area (Å²) in [7, 11) is 1.99. The van der Waals surface area contributed by atoms with Gasteiger partial charge in [-0.2, -0.15) is 4.52 Å². The first-order valence-electron chi connectivity index (χ1n) is 11.3. The van der Waals surface area contributed by atoms with Crippen molar-refractivity contribution >= 4 is 17.2 Å². The fraction of sp³-hybridized carbons (Fsp3) is 0.500. The van der Waals surface area contributed by atoms with Crippen LogP contribution in [0.1, 0.15) is 19.8 Å². The summed E-state index contributed by atoms with van der Waals surface area (Å²) in [5, 5.41) is 16.9. The van der Waals surface area contributed by atoms with Crippen LogP contribution in [-0.4, -0.2) is 72.0 Å². The Balaban J connectivity index is 1.66. The molecule has 2 aliphatic heterocycles. The van der Waals surface area contributed by atoms with Crippen molar-refractivity contribution in [3.05, 3.63) is 24.3 Å². The Hall–Kier alpha value is -3.28.